The lowest BCUT2D eigenvalue weighted by atomic mass is 10.3. The van der Waals surface area contributed by atoms with Crippen LogP contribution in [0.5, 0.6) is 5.75 Å². The summed E-state index contributed by atoms with van der Waals surface area (Å²) in [6.07, 6.45) is 0.666. The third kappa shape index (κ3) is 2.22. The van der Waals surface area contributed by atoms with Crippen LogP contribution in [0.2, 0.25) is 5.02 Å². The fourth-order valence-corrected chi connectivity index (χ4v) is 1.86. The van der Waals surface area contributed by atoms with Crippen molar-refractivity contribution in [3.63, 3.8) is 0 Å². The highest BCUT2D eigenvalue weighted by Gasteiger charge is 2.43. The van der Waals surface area contributed by atoms with Crippen molar-refractivity contribution in [3.05, 3.63) is 23.2 Å². The van der Waals surface area contributed by atoms with Crippen molar-refractivity contribution in [2.24, 2.45) is 5.92 Å². The van der Waals surface area contributed by atoms with Crippen LogP contribution in [0.15, 0.2) is 18.2 Å². The molecule has 86 valence electrons. The molecule has 16 heavy (non-hydrogen) atoms. The number of hydrogen-bond donors (Lipinski definition) is 2. The number of carbonyl (C=O) groups is 1. The molecule has 0 radical (unpaired) electrons. The molecular weight excluding hydrogens is 230 g/mol. The number of benzene rings is 1. The highest BCUT2D eigenvalue weighted by Crippen LogP contribution is 2.35. The molecule has 0 spiro atoms. The molecule has 2 N–H and O–H groups in total. The van der Waals surface area contributed by atoms with Gasteiger partial charge in [-0.3, -0.25) is 4.79 Å². The molecule has 1 aliphatic rings. The highest BCUT2D eigenvalue weighted by molar-refractivity contribution is 6.32. The molecule has 0 aliphatic heterocycles. The second-order valence-corrected chi connectivity index (χ2v) is 4.19. The zero-order valence-corrected chi connectivity index (χ0v) is 9.49. The summed E-state index contributed by atoms with van der Waals surface area (Å²) in [6, 6.07) is 5.32. The third-order valence-electron chi connectivity index (χ3n) is 2.61. The van der Waals surface area contributed by atoms with E-state index < -0.39 is 5.97 Å². The van der Waals surface area contributed by atoms with Crippen molar-refractivity contribution in [1.82, 2.24) is 0 Å². The topological polar surface area (TPSA) is 58.6 Å². The monoisotopic (exact) mass is 241 g/mol. The number of hydrogen-bond acceptors (Lipinski definition) is 3. The minimum absolute atomic E-state index is 0.0157. The van der Waals surface area contributed by atoms with Gasteiger partial charge in [-0.15, -0.1) is 0 Å². The first-order valence-electron chi connectivity index (χ1n) is 4.94. The molecule has 1 aliphatic carbocycles. The van der Waals surface area contributed by atoms with E-state index in [0.29, 0.717) is 17.2 Å². The number of carboxylic acid groups (broad SMARTS) is 1. The van der Waals surface area contributed by atoms with Crippen molar-refractivity contribution in [2.45, 2.75) is 12.5 Å². The van der Waals surface area contributed by atoms with Gasteiger partial charge in [-0.05, 0) is 24.6 Å². The van der Waals surface area contributed by atoms with E-state index in [4.69, 9.17) is 21.4 Å². The molecule has 2 atom stereocenters. The van der Waals surface area contributed by atoms with Gasteiger partial charge in [-0.25, -0.2) is 0 Å². The predicted octanol–water partition coefficient (Wildman–Crippen LogP) is 2.23. The lowest BCUT2D eigenvalue weighted by Crippen LogP contribution is -2.10. The Balaban J connectivity index is 2.01. The molecule has 1 aromatic carbocycles. The Morgan fingerprint density at radius 3 is 2.88 bits per heavy atom. The maximum absolute atomic E-state index is 10.6. The maximum atomic E-state index is 10.6. The fraction of sp³-hybridized carbons (Fsp3) is 0.364. The van der Waals surface area contributed by atoms with Crippen LogP contribution in [-0.4, -0.2) is 24.2 Å². The van der Waals surface area contributed by atoms with Crippen LogP contribution in [0.3, 0.4) is 0 Å². The number of aliphatic carboxylic acids is 1. The molecule has 2 rings (SSSR count). The largest absolute Gasteiger partial charge is 0.495 e. The molecule has 2 unspecified atom stereocenters. The normalized spacial score (nSPS) is 22.6. The van der Waals surface area contributed by atoms with Gasteiger partial charge in [0.15, 0.2) is 0 Å². The van der Waals surface area contributed by atoms with Crippen LogP contribution in [0.1, 0.15) is 6.42 Å². The van der Waals surface area contributed by atoms with Crippen molar-refractivity contribution in [3.8, 4) is 5.75 Å². The average Bonchev–Trinajstić information content (AvgIpc) is 2.97. The third-order valence-corrected chi connectivity index (χ3v) is 2.91. The first kappa shape index (κ1) is 11.1. The molecule has 1 aromatic rings. The van der Waals surface area contributed by atoms with E-state index in [-0.39, 0.29) is 12.0 Å². The highest BCUT2D eigenvalue weighted by atomic mass is 35.5. The zero-order valence-electron chi connectivity index (χ0n) is 8.74. The van der Waals surface area contributed by atoms with Crippen LogP contribution >= 0.6 is 11.6 Å². The minimum atomic E-state index is -0.753. The number of methoxy groups -OCH3 is 1. The quantitative estimate of drug-likeness (QED) is 0.849. The van der Waals surface area contributed by atoms with E-state index in [2.05, 4.69) is 5.32 Å². The van der Waals surface area contributed by atoms with E-state index in [1.165, 1.54) is 0 Å². The van der Waals surface area contributed by atoms with Crippen LogP contribution in [-0.2, 0) is 4.79 Å². The molecule has 1 saturated carbocycles. The van der Waals surface area contributed by atoms with Crippen LogP contribution in [0.25, 0.3) is 0 Å². The van der Waals surface area contributed by atoms with Gasteiger partial charge < -0.3 is 15.2 Å². The van der Waals surface area contributed by atoms with Gasteiger partial charge in [0, 0.05) is 11.7 Å². The van der Waals surface area contributed by atoms with Gasteiger partial charge in [0.1, 0.15) is 5.75 Å². The zero-order chi connectivity index (χ0) is 11.7. The summed E-state index contributed by atoms with van der Waals surface area (Å²) in [4.78, 5) is 10.6. The van der Waals surface area contributed by atoms with E-state index in [1.807, 2.05) is 6.07 Å². The van der Waals surface area contributed by atoms with E-state index >= 15 is 0 Å². The Morgan fingerprint density at radius 1 is 1.62 bits per heavy atom. The van der Waals surface area contributed by atoms with Crippen molar-refractivity contribution < 1.29 is 14.6 Å². The van der Waals surface area contributed by atoms with Crippen molar-refractivity contribution >= 4 is 23.3 Å². The number of ether oxygens (including phenoxy) is 1. The Kier molecular flexibility index (Phi) is 2.92. The Labute approximate surface area is 98.2 Å². The molecular formula is C11H12ClNO3. The van der Waals surface area contributed by atoms with Crippen molar-refractivity contribution in [2.75, 3.05) is 12.4 Å². The molecule has 0 amide bonds. The lowest BCUT2D eigenvalue weighted by Gasteiger charge is -2.08. The molecule has 0 bridgehead atoms. The Morgan fingerprint density at radius 2 is 2.38 bits per heavy atom. The fourth-order valence-electron chi connectivity index (χ4n) is 1.60. The molecule has 5 heteroatoms. The van der Waals surface area contributed by atoms with E-state index in [9.17, 15) is 4.79 Å². The summed E-state index contributed by atoms with van der Waals surface area (Å²) in [5.41, 5.74) is 0.819. The summed E-state index contributed by atoms with van der Waals surface area (Å²) < 4.78 is 5.03. The van der Waals surface area contributed by atoms with Crippen LogP contribution in [0.4, 0.5) is 5.69 Å². The first-order valence-corrected chi connectivity index (χ1v) is 5.32. The Bertz CT molecular complexity index is 422. The second kappa shape index (κ2) is 4.22. The minimum Gasteiger partial charge on any atom is -0.495 e. The lowest BCUT2D eigenvalue weighted by molar-refractivity contribution is -0.138. The first-order chi connectivity index (χ1) is 7.61. The summed E-state index contributed by atoms with van der Waals surface area (Å²) in [7, 11) is 1.55. The van der Waals surface area contributed by atoms with Crippen LogP contribution in [0, 0.1) is 5.92 Å². The molecule has 0 saturated heterocycles. The summed E-state index contributed by atoms with van der Waals surface area (Å²) in [5, 5.41) is 12.4. The van der Waals surface area contributed by atoms with E-state index in [1.54, 1.807) is 19.2 Å². The summed E-state index contributed by atoms with van der Waals surface area (Å²) in [5.74, 6) is -0.421. The number of halogens is 1. The number of rotatable bonds is 4. The van der Waals surface area contributed by atoms with Crippen molar-refractivity contribution in [1.29, 1.82) is 0 Å². The smallest absolute Gasteiger partial charge is 0.308 e. The second-order valence-electron chi connectivity index (χ2n) is 3.78. The standard InChI is InChI=1S/C11H12ClNO3/c1-16-10-3-2-6(4-8(10)12)13-9-5-7(9)11(14)15/h2-4,7,9,13H,5H2,1H3,(H,14,15). The summed E-state index contributed by atoms with van der Waals surface area (Å²) in [6.45, 7) is 0. The number of carboxylic acids is 1. The van der Waals surface area contributed by atoms with Gasteiger partial charge in [0.2, 0.25) is 0 Å². The summed E-state index contributed by atoms with van der Waals surface area (Å²) >= 11 is 5.95. The van der Waals surface area contributed by atoms with Crippen LogP contribution < -0.4 is 10.1 Å². The number of nitrogens with one attached hydrogen (secondary N) is 1. The Hall–Kier alpha value is -1.42. The van der Waals surface area contributed by atoms with Gasteiger partial charge in [-0.2, -0.15) is 0 Å². The molecule has 1 fully saturated rings. The molecule has 4 nitrogen and oxygen atoms in total. The molecule has 0 heterocycles. The van der Waals surface area contributed by atoms with Gasteiger partial charge in [-0.1, -0.05) is 11.6 Å². The van der Waals surface area contributed by atoms with Gasteiger partial charge in [0.25, 0.3) is 0 Å². The van der Waals surface area contributed by atoms with Gasteiger partial charge in [0.05, 0.1) is 18.1 Å². The maximum Gasteiger partial charge on any atom is 0.308 e. The molecule has 0 aromatic heterocycles. The average molecular weight is 242 g/mol. The van der Waals surface area contributed by atoms with Gasteiger partial charge >= 0.3 is 5.97 Å². The predicted molar refractivity (Wildman–Crippen MR) is 61.2 cm³/mol. The SMILES string of the molecule is COc1ccc(NC2CC2C(=O)O)cc1Cl. The number of anilines is 1. The van der Waals surface area contributed by atoms with E-state index in [0.717, 1.165) is 5.69 Å².